The number of hydrogen-bond acceptors (Lipinski definition) is 6. The van der Waals surface area contributed by atoms with Crippen LogP contribution in [0.25, 0.3) is 6.08 Å². The fourth-order valence-corrected chi connectivity index (χ4v) is 7.64. The number of para-hydroxylation sites is 1. The second-order valence-electron chi connectivity index (χ2n) is 13.2. The van der Waals surface area contributed by atoms with E-state index >= 15 is 0 Å². The normalized spacial score (nSPS) is 23.0. The van der Waals surface area contributed by atoms with Gasteiger partial charge >= 0.3 is 7.12 Å². The second kappa shape index (κ2) is 13.9. The van der Waals surface area contributed by atoms with Crippen LogP contribution in [0.3, 0.4) is 0 Å². The van der Waals surface area contributed by atoms with Crippen LogP contribution in [-0.2, 0) is 14.2 Å². The maximum absolute atomic E-state index is 14.2. The Bertz CT molecular complexity index is 1690. The van der Waals surface area contributed by atoms with E-state index in [9.17, 15) is 24.1 Å². The molecule has 3 aliphatic rings. The van der Waals surface area contributed by atoms with Crippen LogP contribution in [0, 0.1) is 29.5 Å². The van der Waals surface area contributed by atoms with Crippen molar-refractivity contribution in [1.82, 2.24) is 0 Å². The minimum Gasteiger partial charge on any atom is -0.505 e. The Hall–Kier alpha value is -4.21. The van der Waals surface area contributed by atoms with E-state index in [4.69, 9.17) is 4.65 Å². The van der Waals surface area contributed by atoms with Crippen molar-refractivity contribution in [3.8, 4) is 5.75 Å². The van der Waals surface area contributed by atoms with E-state index in [1.54, 1.807) is 18.2 Å². The SMILES string of the molecule is CCC/C(=C\c1ccc(O)c(F)c1)CC[C@H]1OB(O)C[C@H]2C1=C(C(C)C)C[C@H]1C(=O)N(c3ccc(Nc4ccccc4)cc3)C(=O)[C@H]12. The molecule has 3 aromatic rings. The number of carbonyl (C=O) groups is 2. The molecule has 6 rings (SSSR count). The van der Waals surface area contributed by atoms with Gasteiger partial charge in [-0.05, 0) is 104 Å². The molecule has 0 unspecified atom stereocenters. The van der Waals surface area contributed by atoms with Gasteiger partial charge in [0.05, 0.1) is 23.6 Å². The lowest BCUT2D eigenvalue weighted by Gasteiger charge is -2.44. The number of phenolic OH excluding ortho intramolecular Hbond substituents is 1. The Labute approximate surface area is 276 Å². The lowest BCUT2D eigenvalue weighted by atomic mass is 9.57. The van der Waals surface area contributed by atoms with Gasteiger partial charge in [-0.1, -0.05) is 68.7 Å². The molecule has 4 atom stereocenters. The number of phenols is 1. The number of halogens is 1. The number of hydrogen-bond donors (Lipinski definition) is 3. The summed E-state index contributed by atoms with van der Waals surface area (Å²) >= 11 is 0. The average Bonchev–Trinajstić information content (AvgIpc) is 3.31. The largest absolute Gasteiger partial charge is 0.505 e. The van der Waals surface area contributed by atoms with Crippen LogP contribution in [-0.4, -0.2) is 35.2 Å². The van der Waals surface area contributed by atoms with Gasteiger partial charge in [-0.2, -0.15) is 0 Å². The molecule has 0 bridgehead atoms. The third kappa shape index (κ3) is 6.78. The van der Waals surface area contributed by atoms with Gasteiger partial charge in [-0.3, -0.25) is 14.5 Å². The summed E-state index contributed by atoms with van der Waals surface area (Å²) in [7, 11) is -1.05. The van der Waals surface area contributed by atoms with Crippen LogP contribution >= 0.6 is 0 Å². The Morgan fingerprint density at radius 1 is 1.02 bits per heavy atom. The van der Waals surface area contributed by atoms with Gasteiger partial charge in [0.15, 0.2) is 11.6 Å². The van der Waals surface area contributed by atoms with Crippen molar-refractivity contribution >= 4 is 42.1 Å². The first kappa shape index (κ1) is 32.7. The molecule has 244 valence electrons. The number of carbonyl (C=O) groups excluding carboxylic acids is 2. The van der Waals surface area contributed by atoms with Crippen LogP contribution in [0.5, 0.6) is 5.75 Å². The van der Waals surface area contributed by atoms with E-state index in [0.29, 0.717) is 30.5 Å². The first-order valence-corrected chi connectivity index (χ1v) is 16.7. The number of imide groups is 1. The molecule has 3 aromatic carbocycles. The third-order valence-corrected chi connectivity index (χ3v) is 9.77. The summed E-state index contributed by atoms with van der Waals surface area (Å²) in [5.74, 6) is -2.66. The number of rotatable bonds is 10. The smallest absolute Gasteiger partial charge is 0.455 e. The van der Waals surface area contributed by atoms with Gasteiger partial charge in [0, 0.05) is 11.4 Å². The topological polar surface area (TPSA) is 99.1 Å². The zero-order valence-electron chi connectivity index (χ0n) is 27.2. The predicted molar refractivity (Wildman–Crippen MR) is 183 cm³/mol. The standard InChI is InChI=1S/C38H42BFN2O5/c1-4-8-24(19-25-11-17-33(43)32(40)20-25)12-18-34-35-29(23(2)3)21-30-36(31(35)22-39(46)47-34)38(45)42(37(30)44)28-15-13-27(14-16-28)41-26-9-6-5-7-10-26/h5-7,9-11,13-17,19-20,23,30-31,34,36,41,43,46H,4,8,12,18,21-22H2,1-3H3/b24-19+/t30-,31+,34-,36-/m1/s1. The lowest BCUT2D eigenvalue weighted by Crippen LogP contribution is -2.46. The lowest BCUT2D eigenvalue weighted by molar-refractivity contribution is -0.122. The molecule has 2 fully saturated rings. The van der Waals surface area contributed by atoms with Crippen LogP contribution in [0.1, 0.15) is 58.4 Å². The maximum atomic E-state index is 14.2. The summed E-state index contributed by atoms with van der Waals surface area (Å²) in [6.45, 7) is 6.31. The number of nitrogens with zero attached hydrogens (tertiary/aromatic N) is 1. The molecule has 2 saturated heterocycles. The minimum atomic E-state index is -1.05. The molecule has 2 heterocycles. The van der Waals surface area contributed by atoms with Gasteiger partial charge in [0.25, 0.3) is 0 Å². The first-order valence-electron chi connectivity index (χ1n) is 16.7. The van der Waals surface area contributed by atoms with Gasteiger partial charge < -0.3 is 20.1 Å². The molecule has 0 saturated carbocycles. The van der Waals surface area contributed by atoms with Crippen molar-refractivity contribution in [2.45, 2.75) is 65.3 Å². The predicted octanol–water partition coefficient (Wildman–Crippen LogP) is 7.90. The number of aromatic hydroxyl groups is 1. The van der Waals surface area contributed by atoms with Gasteiger partial charge in [0.2, 0.25) is 11.8 Å². The van der Waals surface area contributed by atoms with Gasteiger partial charge in [0.1, 0.15) is 0 Å². The van der Waals surface area contributed by atoms with Crippen LogP contribution in [0.15, 0.2) is 89.5 Å². The number of amides is 2. The van der Waals surface area contributed by atoms with Gasteiger partial charge in [-0.15, -0.1) is 0 Å². The number of nitrogens with one attached hydrogen (secondary N) is 1. The van der Waals surface area contributed by atoms with Crippen molar-refractivity contribution in [3.63, 3.8) is 0 Å². The Morgan fingerprint density at radius 2 is 1.74 bits per heavy atom. The highest BCUT2D eigenvalue weighted by Crippen LogP contribution is 2.52. The summed E-state index contributed by atoms with van der Waals surface area (Å²) in [4.78, 5) is 29.5. The minimum absolute atomic E-state index is 0.140. The van der Waals surface area contributed by atoms with Crippen LogP contribution in [0.2, 0.25) is 6.32 Å². The van der Waals surface area contributed by atoms with Crippen molar-refractivity contribution < 1.29 is 28.8 Å². The fourth-order valence-electron chi connectivity index (χ4n) is 7.64. The summed E-state index contributed by atoms with van der Waals surface area (Å²) in [5.41, 5.74) is 6.33. The molecule has 7 nitrogen and oxygen atoms in total. The van der Waals surface area contributed by atoms with E-state index in [1.807, 2.05) is 48.5 Å². The Balaban J connectivity index is 1.25. The number of benzene rings is 3. The summed E-state index contributed by atoms with van der Waals surface area (Å²) in [5, 5.41) is 23.9. The summed E-state index contributed by atoms with van der Waals surface area (Å²) in [6.07, 6.45) is 5.26. The first-order chi connectivity index (χ1) is 22.6. The van der Waals surface area contributed by atoms with Crippen LogP contribution < -0.4 is 10.2 Å². The third-order valence-electron chi connectivity index (χ3n) is 9.77. The summed E-state index contributed by atoms with van der Waals surface area (Å²) in [6, 6.07) is 21.5. The zero-order valence-corrected chi connectivity index (χ0v) is 27.2. The molecule has 0 aromatic heterocycles. The molecular weight excluding hydrogens is 594 g/mol. The van der Waals surface area contributed by atoms with Crippen molar-refractivity contribution in [1.29, 1.82) is 0 Å². The fraction of sp³-hybridized carbons (Fsp3) is 0.368. The zero-order chi connectivity index (χ0) is 33.2. The second-order valence-corrected chi connectivity index (χ2v) is 13.2. The molecule has 0 radical (unpaired) electrons. The van der Waals surface area contributed by atoms with Crippen molar-refractivity contribution in [3.05, 3.63) is 101 Å². The molecule has 9 heteroatoms. The van der Waals surface area contributed by atoms with E-state index in [2.05, 4.69) is 26.1 Å². The monoisotopic (exact) mass is 636 g/mol. The van der Waals surface area contributed by atoms with E-state index < -0.39 is 30.9 Å². The van der Waals surface area contributed by atoms with E-state index in [-0.39, 0.29) is 35.7 Å². The highest BCUT2D eigenvalue weighted by molar-refractivity contribution is 6.43. The molecular formula is C38H42BFN2O5. The molecule has 2 aliphatic heterocycles. The number of allylic oxidation sites excluding steroid dienone is 2. The van der Waals surface area contributed by atoms with Crippen molar-refractivity contribution in [2.75, 3.05) is 10.2 Å². The number of anilines is 3. The quantitative estimate of drug-likeness (QED) is 0.119. The summed E-state index contributed by atoms with van der Waals surface area (Å²) < 4.78 is 20.2. The Kier molecular flexibility index (Phi) is 9.66. The highest BCUT2D eigenvalue weighted by Gasteiger charge is 2.57. The van der Waals surface area contributed by atoms with E-state index in [0.717, 1.165) is 40.9 Å². The highest BCUT2D eigenvalue weighted by atomic mass is 19.1. The number of fused-ring (bicyclic) bond motifs is 3. The maximum Gasteiger partial charge on any atom is 0.455 e. The molecule has 1 aliphatic carbocycles. The molecule has 0 spiro atoms. The molecule has 3 N–H and O–H groups in total. The average molecular weight is 637 g/mol. The van der Waals surface area contributed by atoms with Crippen molar-refractivity contribution in [2.24, 2.45) is 23.7 Å². The van der Waals surface area contributed by atoms with E-state index in [1.165, 1.54) is 17.0 Å². The Morgan fingerprint density at radius 3 is 2.43 bits per heavy atom. The molecule has 2 amide bonds. The molecule has 47 heavy (non-hydrogen) atoms. The van der Waals surface area contributed by atoms with Crippen LogP contribution in [0.4, 0.5) is 21.5 Å². The van der Waals surface area contributed by atoms with Gasteiger partial charge in [-0.25, -0.2) is 4.39 Å².